The highest BCUT2D eigenvalue weighted by Crippen LogP contribution is 2.30. The molecule has 0 aromatic rings. The van der Waals surface area contributed by atoms with Gasteiger partial charge in [0, 0.05) is 5.92 Å². The third-order valence-electron chi connectivity index (χ3n) is 2.72. The van der Waals surface area contributed by atoms with Crippen LogP contribution in [0.5, 0.6) is 0 Å². The van der Waals surface area contributed by atoms with Crippen LogP contribution in [0.25, 0.3) is 0 Å². The molecule has 0 fully saturated rings. The van der Waals surface area contributed by atoms with E-state index in [4.69, 9.17) is 0 Å². The van der Waals surface area contributed by atoms with Crippen LogP contribution in [0, 0.1) is 11.8 Å². The van der Waals surface area contributed by atoms with Crippen LogP contribution in [0.15, 0.2) is 23.8 Å². The van der Waals surface area contributed by atoms with Gasteiger partial charge in [-0.2, -0.15) is 0 Å². The Morgan fingerprint density at radius 1 is 1.67 bits per heavy atom. The highest BCUT2D eigenvalue weighted by Gasteiger charge is 2.27. The van der Waals surface area contributed by atoms with Crippen LogP contribution in [0.3, 0.4) is 0 Å². The summed E-state index contributed by atoms with van der Waals surface area (Å²) in [5.74, 6) is 0.781. The first-order valence-corrected chi connectivity index (χ1v) is 4.40. The second-order valence-electron chi connectivity index (χ2n) is 3.73. The largest absolute Gasteiger partial charge is 0.294 e. The van der Waals surface area contributed by atoms with E-state index in [2.05, 4.69) is 6.58 Å². The molecule has 0 bridgehead atoms. The van der Waals surface area contributed by atoms with Gasteiger partial charge in [-0.3, -0.25) is 4.79 Å². The molecule has 0 amide bonds. The first kappa shape index (κ1) is 9.24. The molecule has 0 aromatic heterocycles. The molecule has 0 heterocycles. The first-order valence-electron chi connectivity index (χ1n) is 4.40. The van der Waals surface area contributed by atoms with Crippen molar-refractivity contribution in [3.63, 3.8) is 0 Å². The standard InChI is InChI=1S/C11H16O/c1-7(2)10-6-5-8(3)11(12)9(10)4/h5,9-10H,1,6H2,2-4H3/t9-,10+/m0/s1. The molecule has 0 saturated carbocycles. The minimum atomic E-state index is 0.132. The molecule has 1 aliphatic rings. The van der Waals surface area contributed by atoms with Gasteiger partial charge in [-0.15, -0.1) is 0 Å². The second-order valence-corrected chi connectivity index (χ2v) is 3.73. The van der Waals surface area contributed by atoms with E-state index in [0.717, 1.165) is 17.6 Å². The lowest BCUT2D eigenvalue weighted by Gasteiger charge is -2.26. The first-order chi connectivity index (χ1) is 5.54. The Morgan fingerprint density at radius 2 is 2.25 bits per heavy atom. The average molecular weight is 164 g/mol. The van der Waals surface area contributed by atoms with E-state index >= 15 is 0 Å². The summed E-state index contributed by atoms with van der Waals surface area (Å²) in [5, 5.41) is 0. The Labute approximate surface area is 74.2 Å². The average Bonchev–Trinajstić information content (AvgIpc) is 2.00. The Bertz CT molecular complexity index is 248. The Hall–Kier alpha value is -0.850. The van der Waals surface area contributed by atoms with Gasteiger partial charge in [-0.25, -0.2) is 0 Å². The molecule has 12 heavy (non-hydrogen) atoms. The summed E-state index contributed by atoms with van der Waals surface area (Å²) in [7, 11) is 0. The van der Waals surface area contributed by atoms with Crippen LogP contribution < -0.4 is 0 Å². The predicted octanol–water partition coefficient (Wildman–Crippen LogP) is 2.73. The van der Waals surface area contributed by atoms with Gasteiger partial charge in [0.25, 0.3) is 0 Å². The van der Waals surface area contributed by atoms with E-state index in [-0.39, 0.29) is 11.7 Å². The van der Waals surface area contributed by atoms with E-state index < -0.39 is 0 Å². The Kier molecular flexibility index (Phi) is 2.51. The van der Waals surface area contributed by atoms with Crippen LogP contribution in [0.1, 0.15) is 27.2 Å². The fourth-order valence-corrected chi connectivity index (χ4v) is 1.78. The summed E-state index contributed by atoms with van der Waals surface area (Å²) in [6.07, 6.45) is 3.01. The monoisotopic (exact) mass is 164 g/mol. The zero-order valence-corrected chi connectivity index (χ0v) is 8.05. The molecule has 1 rings (SSSR count). The highest BCUT2D eigenvalue weighted by atomic mass is 16.1. The summed E-state index contributed by atoms with van der Waals surface area (Å²) >= 11 is 0. The molecular weight excluding hydrogens is 148 g/mol. The van der Waals surface area contributed by atoms with Crippen molar-refractivity contribution in [2.24, 2.45) is 11.8 Å². The number of hydrogen-bond acceptors (Lipinski definition) is 1. The molecule has 1 heteroatoms. The molecular formula is C11H16O. The van der Waals surface area contributed by atoms with Crippen LogP contribution >= 0.6 is 0 Å². The van der Waals surface area contributed by atoms with Crippen molar-refractivity contribution in [1.29, 1.82) is 0 Å². The van der Waals surface area contributed by atoms with Crippen LogP contribution in [-0.2, 0) is 4.79 Å². The minimum absolute atomic E-state index is 0.132. The molecule has 0 N–H and O–H groups in total. The van der Waals surface area contributed by atoms with Crippen LogP contribution in [0.2, 0.25) is 0 Å². The van der Waals surface area contributed by atoms with Crippen molar-refractivity contribution in [2.45, 2.75) is 27.2 Å². The molecule has 1 nitrogen and oxygen atoms in total. The normalized spacial score (nSPS) is 29.9. The quantitative estimate of drug-likeness (QED) is 0.544. The van der Waals surface area contributed by atoms with Gasteiger partial charge in [0.1, 0.15) is 0 Å². The van der Waals surface area contributed by atoms with Gasteiger partial charge in [-0.05, 0) is 31.8 Å². The van der Waals surface area contributed by atoms with Crippen molar-refractivity contribution < 1.29 is 4.79 Å². The maximum atomic E-state index is 11.5. The van der Waals surface area contributed by atoms with Crippen molar-refractivity contribution in [3.05, 3.63) is 23.8 Å². The maximum absolute atomic E-state index is 11.5. The SMILES string of the molecule is C=C(C)[C@H]1CC=C(C)C(=O)[C@H]1C. The Balaban J connectivity index is 2.87. The highest BCUT2D eigenvalue weighted by molar-refractivity contribution is 5.97. The molecule has 0 saturated heterocycles. The van der Waals surface area contributed by atoms with Crippen molar-refractivity contribution >= 4 is 5.78 Å². The lowest BCUT2D eigenvalue weighted by molar-refractivity contribution is -0.120. The van der Waals surface area contributed by atoms with Crippen molar-refractivity contribution in [1.82, 2.24) is 0 Å². The van der Waals surface area contributed by atoms with Crippen LogP contribution in [0.4, 0.5) is 0 Å². The third kappa shape index (κ3) is 1.50. The number of carbonyl (C=O) groups excluding carboxylic acids is 1. The zero-order chi connectivity index (χ0) is 9.30. The smallest absolute Gasteiger partial charge is 0.161 e. The van der Waals surface area contributed by atoms with Gasteiger partial charge < -0.3 is 0 Å². The van der Waals surface area contributed by atoms with E-state index in [1.807, 2.05) is 26.8 Å². The number of allylic oxidation sites excluding steroid dienone is 3. The number of Topliss-reactive ketones (excluding diaryl/α,β-unsaturated/α-hetero) is 1. The second kappa shape index (κ2) is 3.26. The fraction of sp³-hybridized carbons (Fsp3) is 0.545. The van der Waals surface area contributed by atoms with Gasteiger partial charge in [-0.1, -0.05) is 25.2 Å². The summed E-state index contributed by atoms with van der Waals surface area (Å²) in [4.78, 5) is 11.5. The predicted molar refractivity (Wildman–Crippen MR) is 50.8 cm³/mol. The molecule has 0 aliphatic heterocycles. The van der Waals surface area contributed by atoms with Crippen LogP contribution in [-0.4, -0.2) is 5.78 Å². The van der Waals surface area contributed by atoms with Gasteiger partial charge in [0.05, 0.1) is 0 Å². The minimum Gasteiger partial charge on any atom is -0.294 e. The Morgan fingerprint density at radius 3 is 2.75 bits per heavy atom. The summed E-state index contributed by atoms with van der Waals surface area (Å²) in [5.41, 5.74) is 2.04. The van der Waals surface area contributed by atoms with E-state index in [1.165, 1.54) is 0 Å². The molecule has 0 aromatic carbocycles. The fourth-order valence-electron chi connectivity index (χ4n) is 1.78. The lowest BCUT2D eigenvalue weighted by Crippen LogP contribution is -2.25. The maximum Gasteiger partial charge on any atom is 0.161 e. The number of hydrogen-bond donors (Lipinski definition) is 0. The molecule has 2 atom stereocenters. The van der Waals surface area contributed by atoms with E-state index in [9.17, 15) is 4.79 Å². The zero-order valence-electron chi connectivity index (χ0n) is 8.05. The van der Waals surface area contributed by atoms with Crippen molar-refractivity contribution in [3.8, 4) is 0 Å². The van der Waals surface area contributed by atoms with Gasteiger partial charge in [0.15, 0.2) is 5.78 Å². The summed E-state index contributed by atoms with van der Waals surface area (Å²) < 4.78 is 0. The molecule has 1 aliphatic carbocycles. The van der Waals surface area contributed by atoms with Gasteiger partial charge >= 0.3 is 0 Å². The van der Waals surface area contributed by atoms with E-state index in [0.29, 0.717) is 5.92 Å². The topological polar surface area (TPSA) is 17.1 Å². The number of rotatable bonds is 1. The van der Waals surface area contributed by atoms with Gasteiger partial charge in [0.2, 0.25) is 0 Å². The molecule has 0 unspecified atom stereocenters. The van der Waals surface area contributed by atoms with E-state index in [1.54, 1.807) is 0 Å². The van der Waals surface area contributed by atoms with Crippen molar-refractivity contribution in [2.75, 3.05) is 0 Å². The third-order valence-corrected chi connectivity index (χ3v) is 2.72. The summed E-state index contributed by atoms with van der Waals surface area (Å²) in [6.45, 7) is 9.80. The number of carbonyl (C=O) groups is 1. The molecule has 0 spiro atoms. The summed E-state index contributed by atoms with van der Waals surface area (Å²) in [6, 6.07) is 0. The number of ketones is 1. The molecule has 66 valence electrons. The lowest BCUT2D eigenvalue weighted by atomic mass is 9.77. The molecule has 0 radical (unpaired) electrons.